The summed E-state index contributed by atoms with van der Waals surface area (Å²) < 4.78 is 54.4. The van der Waals surface area contributed by atoms with Gasteiger partial charge in [-0.05, 0) is 12.7 Å². The SMILES string of the molecule is [2H]C1=C([2H])C(c2ncc[nH]2)C([2H])(C)C([2H])=C1C([2H])([2H])[2H]. The van der Waals surface area contributed by atoms with Crippen LogP contribution in [0.4, 0.5) is 0 Å². The minimum absolute atomic E-state index is 0.284. The third-order valence-electron chi connectivity index (χ3n) is 1.89. The highest BCUT2D eigenvalue weighted by Gasteiger charge is 2.19. The van der Waals surface area contributed by atoms with Crippen molar-refractivity contribution in [1.29, 1.82) is 0 Å². The fourth-order valence-corrected chi connectivity index (χ4v) is 1.26. The molecule has 0 radical (unpaired) electrons. The van der Waals surface area contributed by atoms with Crippen LogP contribution < -0.4 is 0 Å². The average molecular weight is 181 g/mol. The number of nitrogens with zero attached hydrogens (tertiary/aromatic N) is 1. The van der Waals surface area contributed by atoms with Gasteiger partial charge < -0.3 is 4.98 Å². The van der Waals surface area contributed by atoms with E-state index in [9.17, 15) is 0 Å². The molecule has 2 heteroatoms. The van der Waals surface area contributed by atoms with Crippen LogP contribution in [0.15, 0.2) is 36.1 Å². The van der Waals surface area contributed by atoms with Gasteiger partial charge in [-0.1, -0.05) is 30.7 Å². The van der Waals surface area contributed by atoms with E-state index in [1.165, 1.54) is 19.3 Å². The summed E-state index contributed by atoms with van der Waals surface area (Å²) in [6.45, 7) is -1.31. The molecule has 1 aromatic heterocycles. The molecular weight excluding hydrogens is 160 g/mol. The Kier molecular flexibility index (Phi) is 0.850. The van der Waals surface area contributed by atoms with Crippen LogP contribution in [-0.2, 0) is 0 Å². The predicted octanol–water partition coefficient (Wildman–Crippen LogP) is 2.65. The van der Waals surface area contributed by atoms with Crippen LogP contribution in [-0.4, -0.2) is 9.97 Å². The summed E-state index contributed by atoms with van der Waals surface area (Å²) in [7, 11) is 0. The maximum atomic E-state index is 8.30. The molecular formula is C11H14N2. The first kappa shape index (κ1) is 3.45. The third-order valence-corrected chi connectivity index (χ3v) is 1.89. The van der Waals surface area contributed by atoms with Crippen molar-refractivity contribution in [2.45, 2.75) is 19.7 Å². The van der Waals surface area contributed by atoms with Crippen molar-refractivity contribution in [2.75, 3.05) is 0 Å². The summed E-state index contributed by atoms with van der Waals surface area (Å²) in [5.74, 6) is -2.33. The summed E-state index contributed by atoms with van der Waals surface area (Å²) in [6, 6.07) is -1.28. The normalized spacial score (nSPS) is 44.1. The fraction of sp³-hybridized carbons (Fsp3) is 0.364. The number of hydrogen-bond donors (Lipinski definition) is 1. The molecule has 1 N–H and O–H groups in total. The van der Waals surface area contributed by atoms with E-state index in [2.05, 4.69) is 9.97 Å². The zero-order valence-electron chi connectivity index (χ0n) is 14.2. The lowest BCUT2D eigenvalue weighted by Crippen LogP contribution is -2.10. The predicted molar refractivity (Wildman–Crippen MR) is 53.4 cm³/mol. The molecule has 2 unspecified atom stereocenters. The molecule has 13 heavy (non-hydrogen) atoms. The van der Waals surface area contributed by atoms with Gasteiger partial charge in [-0.15, -0.1) is 0 Å². The minimum atomic E-state index is -2.68. The van der Waals surface area contributed by atoms with Crippen molar-refractivity contribution in [3.8, 4) is 0 Å². The molecule has 0 saturated heterocycles. The number of H-pyrrole nitrogens is 1. The second-order valence-corrected chi connectivity index (χ2v) is 2.86. The molecule has 1 aliphatic carbocycles. The van der Waals surface area contributed by atoms with E-state index in [-0.39, 0.29) is 11.9 Å². The quantitative estimate of drug-likeness (QED) is 0.709. The van der Waals surface area contributed by atoms with Gasteiger partial charge in [0.1, 0.15) is 5.82 Å². The van der Waals surface area contributed by atoms with Crippen LogP contribution in [0.3, 0.4) is 0 Å². The molecule has 0 aliphatic heterocycles. The summed E-state index contributed by atoms with van der Waals surface area (Å²) in [6.07, 6.45) is 2.98. The highest BCUT2D eigenvalue weighted by Crippen LogP contribution is 2.29. The Morgan fingerprint density at radius 3 is 3.38 bits per heavy atom. The molecule has 0 spiro atoms. The first-order valence-corrected chi connectivity index (χ1v) is 3.97. The summed E-state index contributed by atoms with van der Waals surface area (Å²) in [4.78, 5) is 6.75. The highest BCUT2D eigenvalue weighted by molar-refractivity contribution is 5.28. The van der Waals surface area contributed by atoms with Crippen LogP contribution in [0.25, 0.3) is 0 Å². The molecule has 1 aromatic rings. The second-order valence-electron chi connectivity index (χ2n) is 2.86. The molecule has 0 amide bonds. The molecule has 1 aliphatic rings. The summed E-state index contributed by atoms with van der Waals surface area (Å²) >= 11 is 0. The van der Waals surface area contributed by atoms with Gasteiger partial charge in [-0.2, -0.15) is 0 Å². The van der Waals surface area contributed by atoms with E-state index < -0.39 is 36.3 Å². The maximum Gasteiger partial charge on any atom is 0.113 e. The molecule has 0 fully saturated rings. The van der Waals surface area contributed by atoms with Gasteiger partial charge in [-0.25, -0.2) is 4.98 Å². The topological polar surface area (TPSA) is 28.7 Å². The van der Waals surface area contributed by atoms with Crippen LogP contribution in [0, 0.1) is 5.89 Å². The Hall–Kier alpha value is -1.31. The van der Waals surface area contributed by atoms with Gasteiger partial charge in [-0.3, -0.25) is 0 Å². The smallest absolute Gasteiger partial charge is 0.113 e. The first-order valence-electron chi connectivity index (χ1n) is 7.47. The largest absolute Gasteiger partial charge is 0.348 e. The minimum Gasteiger partial charge on any atom is -0.348 e. The van der Waals surface area contributed by atoms with Gasteiger partial charge >= 0.3 is 0 Å². The Morgan fingerprint density at radius 2 is 2.69 bits per heavy atom. The number of nitrogens with one attached hydrogen (secondary N) is 1. The average Bonchev–Trinajstić information content (AvgIpc) is 2.78. The molecule has 2 rings (SSSR count). The molecule has 68 valence electrons. The maximum absolute atomic E-state index is 8.30. The lowest BCUT2D eigenvalue weighted by Gasteiger charge is -2.19. The van der Waals surface area contributed by atoms with E-state index >= 15 is 0 Å². The van der Waals surface area contributed by atoms with Crippen LogP contribution in [0.1, 0.15) is 35.1 Å². The zero-order chi connectivity index (χ0) is 15.3. The van der Waals surface area contributed by atoms with Crippen molar-refractivity contribution < 1.29 is 9.60 Å². The van der Waals surface area contributed by atoms with Crippen molar-refractivity contribution in [1.82, 2.24) is 9.97 Å². The highest BCUT2D eigenvalue weighted by atomic mass is 14.9. The van der Waals surface area contributed by atoms with Gasteiger partial charge in [0.2, 0.25) is 0 Å². The third kappa shape index (κ3) is 1.57. The monoisotopic (exact) mass is 181 g/mol. The number of allylic oxidation sites excluding steroid dienone is 4. The van der Waals surface area contributed by atoms with Gasteiger partial charge in [0.25, 0.3) is 0 Å². The van der Waals surface area contributed by atoms with Crippen LogP contribution >= 0.6 is 0 Å². The molecule has 0 bridgehead atoms. The second kappa shape index (κ2) is 3.21. The molecule has 2 atom stereocenters. The molecule has 0 saturated carbocycles. The molecule has 0 aromatic carbocycles. The number of rotatable bonds is 1. The lowest BCUT2D eigenvalue weighted by atomic mass is 9.87. The van der Waals surface area contributed by atoms with E-state index in [4.69, 9.17) is 9.60 Å². The van der Waals surface area contributed by atoms with Crippen LogP contribution in [0.2, 0.25) is 0 Å². The van der Waals surface area contributed by atoms with Crippen molar-refractivity contribution >= 4 is 0 Å². The Balaban J connectivity index is 2.68. The van der Waals surface area contributed by atoms with Gasteiger partial charge in [0.05, 0.1) is 4.11 Å². The Labute approximate surface area is 88.2 Å². The van der Waals surface area contributed by atoms with Gasteiger partial charge in [0, 0.05) is 23.8 Å². The number of aromatic nitrogens is 2. The van der Waals surface area contributed by atoms with E-state index in [0.29, 0.717) is 0 Å². The van der Waals surface area contributed by atoms with Crippen molar-refractivity contribution in [3.63, 3.8) is 0 Å². The van der Waals surface area contributed by atoms with Crippen molar-refractivity contribution in [3.05, 3.63) is 41.9 Å². The van der Waals surface area contributed by atoms with Crippen LogP contribution in [0.5, 0.6) is 0 Å². The van der Waals surface area contributed by atoms with E-state index in [1.54, 1.807) is 0 Å². The zero-order valence-corrected chi connectivity index (χ0v) is 7.18. The number of aromatic amines is 1. The van der Waals surface area contributed by atoms with Gasteiger partial charge in [0.15, 0.2) is 0 Å². The fourth-order valence-electron chi connectivity index (χ4n) is 1.26. The lowest BCUT2D eigenvalue weighted by molar-refractivity contribution is 0.603. The Morgan fingerprint density at radius 1 is 1.77 bits per heavy atom. The summed E-state index contributed by atoms with van der Waals surface area (Å²) in [5.41, 5.74) is -0.525. The summed E-state index contributed by atoms with van der Waals surface area (Å²) in [5, 5.41) is 0. The molecule has 2 nitrogen and oxygen atoms in total. The number of hydrogen-bond acceptors (Lipinski definition) is 1. The van der Waals surface area contributed by atoms with E-state index in [0.717, 1.165) is 0 Å². The standard InChI is InChI=1S/C11H14N2/c1-8-3-4-10(9(2)7-8)11-12-5-6-13-11/h3-7,9-10H,1-2H3,(H,12,13)/i1D3,3D,4D,7D,9D. The molecule has 1 heterocycles. The van der Waals surface area contributed by atoms with E-state index in [1.807, 2.05) is 0 Å². The number of imidazole rings is 1. The Bertz CT molecular complexity index is 580. The first-order chi connectivity index (χ1) is 9.08. The van der Waals surface area contributed by atoms with Crippen molar-refractivity contribution in [2.24, 2.45) is 5.89 Å².